The topological polar surface area (TPSA) is 3.24 Å². The standard InChI is InChI=1S/C54H35NS/c1-2-12-39-33-41(24-23-36(39)11-1)38-27-31-45(32-28-38)55(52-21-10-20-50-49-19-7-8-22-53(49)56-54(50)52)44-29-25-37(26-30-44)40-14-9-15-42(34-40)51-35-43-13-3-4-16-46(43)47-17-5-6-18-48(47)51/h1-35H. The van der Waals surface area contributed by atoms with Crippen LogP contribution in [0.2, 0.25) is 0 Å². The SMILES string of the molecule is c1cc(-c2ccc(N(c3ccc(-c4ccc5ccccc5c4)cc3)c3cccc4c3sc3ccccc34)cc2)cc(-c2cc3ccccc3c3ccccc23)c1. The molecule has 0 saturated heterocycles. The van der Waals surface area contributed by atoms with E-state index in [2.05, 4.69) is 217 Å². The van der Waals surface area contributed by atoms with Crippen molar-refractivity contribution in [3.63, 3.8) is 0 Å². The molecule has 0 bridgehead atoms. The van der Waals surface area contributed by atoms with Crippen molar-refractivity contribution in [3.05, 3.63) is 212 Å². The van der Waals surface area contributed by atoms with E-state index >= 15 is 0 Å². The highest BCUT2D eigenvalue weighted by atomic mass is 32.1. The van der Waals surface area contributed by atoms with E-state index in [1.54, 1.807) is 0 Å². The fourth-order valence-electron chi connectivity index (χ4n) is 8.47. The lowest BCUT2D eigenvalue weighted by atomic mass is 9.92. The van der Waals surface area contributed by atoms with Crippen molar-refractivity contribution >= 4 is 80.9 Å². The highest BCUT2D eigenvalue weighted by Gasteiger charge is 2.19. The number of hydrogen-bond donors (Lipinski definition) is 0. The molecule has 0 saturated carbocycles. The summed E-state index contributed by atoms with van der Waals surface area (Å²) in [5.74, 6) is 0. The summed E-state index contributed by atoms with van der Waals surface area (Å²) in [4.78, 5) is 2.42. The van der Waals surface area contributed by atoms with Crippen LogP contribution in [0.5, 0.6) is 0 Å². The fourth-order valence-corrected chi connectivity index (χ4v) is 9.68. The monoisotopic (exact) mass is 729 g/mol. The van der Waals surface area contributed by atoms with Crippen molar-refractivity contribution in [2.45, 2.75) is 0 Å². The van der Waals surface area contributed by atoms with Gasteiger partial charge in [0.15, 0.2) is 0 Å². The normalized spacial score (nSPS) is 11.6. The van der Waals surface area contributed by atoms with Crippen LogP contribution in [0, 0.1) is 0 Å². The van der Waals surface area contributed by atoms with Crippen LogP contribution in [0.25, 0.3) is 85.9 Å². The highest BCUT2D eigenvalue weighted by molar-refractivity contribution is 7.26. The van der Waals surface area contributed by atoms with Crippen LogP contribution in [0.4, 0.5) is 17.1 Å². The lowest BCUT2D eigenvalue weighted by Crippen LogP contribution is -2.10. The molecule has 10 aromatic carbocycles. The molecular formula is C54H35NS. The van der Waals surface area contributed by atoms with Gasteiger partial charge in [-0.1, -0.05) is 158 Å². The first-order chi connectivity index (χ1) is 27.7. The average Bonchev–Trinajstić information content (AvgIpc) is 3.66. The van der Waals surface area contributed by atoms with Gasteiger partial charge in [0.05, 0.1) is 10.4 Å². The van der Waals surface area contributed by atoms with E-state index in [9.17, 15) is 0 Å². The average molecular weight is 730 g/mol. The zero-order valence-electron chi connectivity index (χ0n) is 30.6. The number of rotatable bonds is 6. The van der Waals surface area contributed by atoms with Gasteiger partial charge in [0.2, 0.25) is 0 Å². The number of nitrogens with zero attached hydrogens (tertiary/aromatic N) is 1. The second-order valence-corrected chi connectivity index (χ2v) is 15.6. The second kappa shape index (κ2) is 13.4. The Morgan fingerprint density at radius 3 is 1.62 bits per heavy atom. The van der Waals surface area contributed by atoms with Crippen molar-refractivity contribution in [3.8, 4) is 33.4 Å². The molecule has 0 atom stereocenters. The molecule has 0 N–H and O–H groups in total. The zero-order valence-corrected chi connectivity index (χ0v) is 31.4. The van der Waals surface area contributed by atoms with Crippen LogP contribution < -0.4 is 4.90 Å². The number of hydrogen-bond acceptors (Lipinski definition) is 2. The van der Waals surface area contributed by atoms with E-state index < -0.39 is 0 Å². The molecule has 0 radical (unpaired) electrons. The largest absolute Gasteiger partial charge is 0.309 e. The van der Waals surface area contributed by atoms with Gasteiger partial charge in [-0.05, 0) is 120 Å². The summed E-state index contributed by atoms with van der Waals surface area (Å²) in [6, 6.07) is 77.7. The Hall–Kier alpha value is -7.00. The molecule has 262 valence electrons. The number of anilines is 3. The van der Waals surface area contributed by atoms with Gasteiger partial charge in [0.25, 0.3) is 0 Å². The van der Waals surface area contributed by atoms with E-state index in [0.29, 0.717) is 0 Å². The van der Waals surface area contributed by atoms with Gasteiger partial charge in [-0.15, -0.1) is 11.3 Å². The Morgan fingerprint density at radius 1 is 0.304 bits per heavy atom. The van der Waals surface area contributed by atoms with Crippen LogP contribution in [-0.4, -0.2) is 0 Å². The molecule has 2 heteroatoms. The maximum absolute atomic E-state index is 2.42. The molecule has 56 heavy (non-hydrogen) atoms. The van der Waals surface area contributed by atoms with Gasteiger partial charge < -0.3 is 4.90 Å². The Bertz CT molecular complexity index is 3250. The molecular weight excluding hydrogens is 695 g/mol. The predicted octanol–water partition coefficient (Wildman–Crippen LogP) is 16.0. The van der Waals surface area contributed by atoms with Crippen LogP contribution in [0.1, 0.15) is 0 Å². The summed E-state index contributed by atoms with van der Waals surface area (Å²) in [5, 5.41) is 10.2. The zero-order chi connectivity index (χ0) is 37.0. The Morgan fingerprint density at radius 2 is 0.857 bits per heavy atom. The van der Waals surface area contributed by atoms with Crippen LogP contribution in [-0.2, 0) is 0 Å². The van der Waals surface area contributed by atoms with Crippen molar-refractivity contribution in [2.75, 3.05) is 4.90 Å². The first-order valence-corrected chi connectivity index (χ1v) is 20.0. The third-order valence-corrected chi connectivity index (χ3v) is 12.4. The van der Waals surface area contributed by atoms with E-state index in [-0.39, 0.29) is 0 Å². The van der Waals surface area contributed by atoms with Crippen molar-refractivity contribution in [1.29, 1.82) is 0 Å². The molecule has 0 amide bonds. The Balaban J connectivity index is 1.01. The van der Waals surface area contributed by atoms with Gasteiger partial charge in [-0.2, -0.15) is 0 Å². The summed E-state index contributed by atoms with van der Waals surface area (Å²) in [5.41, 5.74) is 10.7. The minimum atomic E-state index is 1.12. The van der Waals surface area contributed by atoms with Crippen molar-refractivity contribution < 1.29 is 0 Å². The third kappa shape index (κ3) is 5.54. The lowest BCUT2D eigenvalue weighted by Gasteiger charge is -2.26. The van der Waals surface area contributed by atoms with Gasteiger partial charge in [-0.3, -0.25) is 0 Å². The molecule has 0 unspecified atom stereocenters. The molecule has 0 aliphatic carbocycles. The third-order valence-electron chi connectivity index (χ3n) is 11.2. The maximum Gasteiger partial charge on any atom is 0.0640 e. The van der Waals surface area contributed by atoms with Crippen LogP contribution in [0.3, 0.4) is 0 Å². The van der Waals surface area contributed by atoms with E-state index in [1.807, 2.05) is 11.3 Å². The first kappa shape index (κ1) is 32.4. The van der Waals surface area contributed by atoms with Crippen LogP contribution >= 0.6 is 11.3 Å². The molecule has 11 aromatic rings. The molecule has 0 spiro atoms. The van der Waals surface area contributed by atoms with E-state index in [1.165, 1.54) is 91.6 Å². The summed E-state index contributed by atoms with van der Waals surface area (Å²) < 4.78 is 2.59. The van der Waals surface area contributed by atoms with Crippen molar-refractivity contribution in [1.82, 2.24) is 0 Å². The Kier molecular flexibility index (Phi) is 7.75. The first-order valence-electron chi connectivity index (χ1n) is 19.2. The van der Waals surface area contributed by atoms with Gasteiger partial charge in [0.1, 0.15) is 0 Å². The van der Waals surface area contributed by atoms with E-state index in [4.69, 9.17) is 0 Å². The molecule has 1 heterocycles. The smallest absolute Gasteiger partial charge is 0.0640 e. The quantitative estimate of drug-likeness (QED) is 0.154. The predicted molar refractivity (Wildman–Crippen MR) is 243 cm³/mol. The fraction of sp³-hybridized carbons (Fsp3) is 0. The second-order valence-electron chi connectivity index (χ2n) is 14.5. The summed E-state index contributed by atoms with van der Waals surface area (Å²) in [6.45, 7) is 0. The lowest BCUT2D eigenvalue weighted by molar-refractivity contribution is 1.30. The number of fused-ring (bicyclic) bond motifs is 7. The Labute approximate surface area is 330 Å². The van der Waals surface area contributed by atoms with Crippen molar-refractivity contribution in [2.24, 2.45) is 0 Å². The van der Waals surface area contributed by atoms with Gasteiger partial charge in [0, 0.05) is 26.8 Å². The minimum absolute atomic E-state index is 1.12. The summed E-state index contributed by atoms with van der Waals surface area (Å²) in [7, 11) is 0. The van der Waals surface area contributed by atoms with Gasteiger partial charge >= 0.3 is 0 Å². The van der Waals surface area contributed by atoms with E-state index in [0.717, 1.165) is 11.4 Å². The summed E-state index contributed by atoms with van der Waals surface area (Å²) >= 11 is 1.87. The van der Waals surface area contributed by atoms with Crippen LogP contribution in [0.15, 0.2) is 212 Å². The number of thiophene rings is 1. The van der Waals surface area contributed by atoms with Gasteiger partial charge in [-0.25, -0.2) is 0 Å². The number of benzene rings is 10. The molecule has 0 fully saturated rings. The highest BCUT2D eigenvalue weighted by Crippen LogP contribution is 2.45. The minimum Gasteiger partial charge on any atom is -0.309 e. The maximum atomic E-state index is 2.42. The molecule has 1 aromatic heterocycles. The molecule has 0 aliphatic heterocycles. The molecule has 1 nitrogen and oxygen atoms in total. The summed E-state index contributed by atoms with van der Waals surface area (Å²) in [6.07, 6.45) is 0. The molecule has 11 rings (SSSR count). The molecule has 0 aliphatic rings.